The van der Waals surface area contributed by atoms with Gasteiger partial charge < -0.3 is 0 Å². The van der Waals surface area contributed by atoms with Gasteiger partial charge in [0.25, 0.3) is 0 Å². The van der Waals surface area contributed by atoms with Crippen LogP contribution in [0.5, 0.6) is 0 Å². The summed E-state index contributed by atoms with van der Waals surface area (Å²) in [4.78, 5) is 2.93. The predicted molar refractivity (Wildman–Crippen MR) is 85.7 cm³/mol. The fourth-order valence-corrected chi connectivity index (χ4v) is 4.25. The molecule has 1 heterocycles. The van der Waals surface area contributed by atoms with Crippen molar-refractivity contribution in [3.63, 3.8) is 0 Å². The maximum atomic E-state index is 3.77. The highest BCUT2D eigenvalue weighted by molar-refractivity contribution is 9.11. The molecule has 0 bridgehead atoms. The summed E-state index contributed by atoms with van der Waals surface area (Å²) in [6.07, 6.45) is 2.10. The minimum absolute atomic E-state index is 0.286. The first-order chi connectivity index (χ1) is 8.11. The zero-order valence-electron chi connectivity index (χ0n) is 9.54. The van der Waals surface area contributed by atoms with Crippen LogP contribution in [-0.4, -0.2) is 6.26 Å². The van der Waals surface area contributed by atoms with Gasteiger partial charge >= 0.3 is 0 Å². The Morgan fingerprint density at radius 2 is 1.88 bits per heavy atom. The standard InChI is InChI=1S/C13H12Br2S2/c1-8-7-11(17-13(8)15)12(14)9-3-5-10(16-2)6-4-9/h3-7,12H,1-2H3. The number of thiophene rings is 1. The number of hydrogen-bond donors (Lipinski definition) is 0. The molecule has 0 N–H and O–H groups in total. The molecule has 1 unspecified atom stereocenters. The molecule has 1 aromatic carbocycles. The fraction of sp³-hybridized carbons (Fsp3) is 0.231. The van der Waals surface area contributed by atoms with E-state index in [1.165, 1.54) is 24.7 Å². The molecule has 2 aromatic rings. The molecule has 0 nitrogen and oxygen atoms in total. The quantitative estimate of drug-likeness (QED) is 0.454. The molecule has 0 saturated heterocycles. The van der Waals surface area contributed by atoms with Gasteiger partial charge in [0.05, 0.1) is 8.61 Å². The zero-order valence-corrected chi connectivity index (χ0v) is 14.3. The molecule has 1 aromatic heterocycles. The van der Waals surface area contributed by atoms with E-state index in [2.05, 4.69) is 75.4 Å². The van der Waals surface area contributed by atoms with Crippen LogP contribution in [0.2, 0.25) is 0 Å². The minimum atomic E-state index is 0.286. The summed E-state index contributed by atoms with van der Waals surface area (Å²) >= 11 is 10.9. The first-order valence-electron chi connectivity index (χ1n) is 5.15. The third-order valence-corrected chi connectivity index (χ3v) is 6.80. The lowest BCUT2D eigenvalue weighted by Crippen LogP contribution is -1.88. The van der Waals surface area contributed by atoms with E-state index >= 15 is 0 Å². The van der Waals surface area contributed by atoms with Gasteiger partial charge in [-0.25, -0.2) is 0 Å². The Hall–Kier alpha value is 0.230. The van der Waals surface area contributed by atoms with Crippen LogP contribution in [-0.2, 0) is 0 Å². The number of halogens is 2. The van der Waals surface area contributed by atoms with E-state index in [0.29, 0.717) is 0 Å². The van der Waals surface area contributed by atoms with Crippen molar-refractivity contribution in [2.45, 2.75) is 16.6 Å². The second-order valence-corrected chi connectivity index (χ2v) is 7.94. The van der Waals surface area contributed by atoms with Gasteiger partial charge in [-0.3, -0.25) is 0 Å². The topological polar surface area (TPSA) is 0 Å². The van der Waals surface area contributed by atoms with Gasteiger partial charge in [-0.05, 0) is 58.4 Å². The molecule has 0 radical (unpaired) electrons. The van der Waals surface area contributed by atoms with E-state index in [-0.39, 0.29) is 4.83 Å². The molecule has 2 rings (SSSR count). The minimum Gasteiger partial charge on any atom is -0.131 e. The molecule has 0 aliphatic rings. The van der Waals surface area contributed by atoms with Crippen molar-refractivity contribution in [2.75, 3.05) is 6.26 Å². The van der Waals surface area contributed by atoms with Crippen molar-refractivity contribution in [1.29, 1.82) is 0 Å². The highest BCUT2D eigenvalue weighted by Gasteiger charge is 2.14. The van der Waals surface area contributed by atoms with Crippen molar-refractivity contribution >= 4 is 55.0 Å². The summed E-state index contributed by atoms with van der Waals surface area (Å²) in [6, 6.07) is 11.0. The smallest absolute Gasteiger partial charge is 0.0738 e. The molecular formula is C13H12Br2S2. The maximum absolute atomic E-state index is 3.77. The third kappa shape index (κ3) is 3.16. The number of alkyl halides is 1. The lowest BCUT2D eigenvalue weighted by atomic mass is 10.1. The van der Waals surface area contributed by atoms with Crippen LogP contribution in [0, 0.1) is 6.92 Å². The van der Waals surface area contributed by atoms with Crippen LogP contribution >= 0.6 is 55.0 Å². The predicted octanol–water partition coefficient (Wildman–Crippen LogP) is 6.03. The molecular weight excluding hydrogens is 380 g/mol. The van der Waals surface area contributed by atoms with Crippen LogP contribution < -0.4 is 0 Å². The van der Waals surface area contributed by atoms with Crippen molar-refractivity contribution in [3.8, 4) is 0 Å². The van der Waals surface area contributed by atoms with Gasteiger partial charge in [-0.15, -0.1) is 23.1 Å². The molecule has 0 aliphatic heterocycles. The first kappa shape index (κ1) is 13.7. The summed E-state index contributed by atoms with van der Waals surface area (Å²) in [5.74, 6) is 0. The monoisotopic (exact) mass is 390 g/mol. The second-order valence-electron chi connectivity index (χ2n) is 3.74. The van der Waals surface area contributed by atoms with Crippen LogP contribution in [0.25, 0.3) is 0 Å². The van der Waals surface area contributed by atoms with Crippen LogP contribution in [0.3, 0.4) is 0 Å². The van der Waals surface area contributed by atoms with Gasteiger partial charge in [0.15, 0.2) is 0 Å². The summed E-state index contributed by atoms with van der Waals surface area (Å²) in [6.45, 7) is 2.13. The van der Waals surface area contributed by atoms with Crippen molar-refractivity contribution < 1.29 is 0 Å². The Bertz CT molecular complexity index is 483. The Morgan fingerprint density at radius 1 is 1.24 bits per heavy atom. The number of hydrogen-bond acceptors (Lipinski definition) is 2. The molecule has 1 atom stereocenters. The Kier molecular flexibility index (Phi) is 4.75. The Morgan fingerprint density at radius 3 is 2.35 bits per heavy atom. The highest BCUT2D eigenvalue weighted by atomic mass is 79.9. The molecule has 0 saturated carbocycles. The summed E-state index contributed by atoms with van der Waals surface area (Å²) in [5, 5.41) is 0. The molecule has 17 heavy (non-hydrogen) atoms. The van der Waals surface area contributed by atoms with Gasteiger partial charge in [0.2, 0.25) is 0 Å². The van der Waals surface area contributed by atoms with E-state index in [4.69, 9.17) is 0 Å². The van der Waals surface area contributed by atoms with Crippen molar-refractivity contribution in [3.05, 3.63) is 50.1 Å². The largest absolute Gasteiger partial charge is 0.131 e. The number of benzene rings is 1. The fourth-order valence-electron chi connectivity index (χ4n) is 1.55. The molecule has 0 amide bonds. The Labute approximate surface area is 127 Å². The molecule has 0 fully saturated rings. The zero-order chi connectivity index (χ0) is 12.4. The van der Waals surface area contributed by atoms with Crippen molar-refractivity contribution in [1.82, 2.24) is 0 Å². The van der Waals surface area contributed by atoms with E-state index in [0.717, 1.165) is 0 Å². The van der Waals surface area contributed by atoms with Gasteiger partial charge in [-0.2, -0.15) is 0 Å². The highest BCUT2D eigenvalue weighted by Crippen LogP contribution is 2.39. The Balaban J connectivity index is 2.26. The van der Waals surface area contributed by atoms with Crippen LogP contribution in [0.15, 0.2) is 39.0 Å². The normalized spacial score (nSPS) is 12.7. The number of thioether (sulfide) groups is 1. The van der Waals surface area contributed by atoms with E-state index in [1.54, 1.807) is 23.1 Å². The second kappa shape index (κ2) is 5.91. The SMILES string of the molecule is CSc1ccc(C(Br)c2cc(C)c(Br)s2)cc1. The maximum Gasteiger partial charge on any atom is 0.0738 e. The molecule has 4 heteroatoms. The average Bonchev–Trinajstić information content (AvgIpc) is 2.69. The summed E-state index contributed by atoms with van der Waals surface area (Å²) in [5.41, 5.74) is 2.60. The first-order valence-corrected chi connectivity index (χ1v) is 8.90. The molecule has 90 valence electrons. The number of rotatable bonds is 3. The summed E-state index contributed by atoms with van der Waals surface area (Å²) < 4.78 is 1.22. The average molecular weight is 392 g/mol. The van der Waals surface area contributed by atoms with E-state index in [9.17, 15) is 0 Å². The van der Waals surface area contributed by atoms with Crippen LogP contribution in [0.1, 0.15) is 20.8 Å². The van der Waals surface area contributed by atoms with Gasteiger partial charge in [0.1, 0.15) is 0 Å². The molecule has 0 spiro atoms. The summed E-state index contributed by atoms with van der Waals surface area (Å²) in [7, 11) is 0. The van der Waals surface area contributed by atoms with Crippen molar-refractivity contribution in [2.24, 2.45) is 0 Å². The van der Waals surface area contributed by atoms with Gasteiger partial charge in [0, 0.05) is 9.77 Å². The third-order valence-electron chi connectivity index (χ3n) is 2.53. The van der Waals surface area contributed by atoms with E-state index in [1.807, 2.05) is 0 Å². The molecule has 0 aliphatic carbocycles. The van der Waals surface area contributed by atoms with E-state index < -0.39 is 0 Å². The van der Waals surface area contributed by atoms with Crippen LogP contribution in [0.4, 0.5) is 0 Å². The lowest BCUT2D eigenvalue weighted by Gasteiger charge is -2.08. The number of aryl methyl sites for hydroxylation is 1. The van der Waals surface area contributed by atoms with Gasteiger partial charge in [-0.1, -0.05) is 28.1 Å². The lowest BCUT2D eigenvalue weighted by molar-refractivity contribution is 1.20.